The Kier molecular flexibility index (Phi) is 4.23. The summed E-state index contributed by atoms with van der Waals surface area (Å²) in [5, 5.41) is 8.24. The van der Waals surface area contributed by atoms with Crippen LogP contribution in [-0.4, -0.2) is 10.8 Å². The second kappa shape index (κ2) is 5.89. The third-order valence-electron chi connectivity index (χ3n) is 2.38. The first-order valence-electron chi connectivity index (χ1n) is 5.32. The number of nitrogens with one attached hydrogen (secondary N) is 1. The van der Waals surface area contributed by atoms with Crippen molar-refractivity contribution in [1.29, 1.82) is 5.41 Å². The van der Waals surface area contributed by atoms with E-state index in [0.717, 1.165) is 21.2 Å². The van der Waals surface area contributed by atoms with E-state index >= 15 is 0 Å². The van der Waals surface area contributed by atoms with E-state index in [9.17, 15) is 0 Å². The molecule has 0 spiro atoms. The number of nitrogen functional groups attached to an aromatic ring is 1. The zero-order valence-corrected chi connectivity index (χ0v) is 11.1. The van der Waals surface area contributed by atoms with Crippen molar-refractivity contribution in [2.75, 3.05) is 0 Å². The van der Waals surface area contributed by atoms with Gasteiger partial charge in [-0.05, 0) is 23.8 Å². The monoisotopic (exact) mass is 277 g/mol. The number of thioether (sulfide) groups is 1. The maximum atomic E-state index is 7.51. The van der Waals surface area contributed by atoms with Gasteiger partial charge in [0.2, 0.25) is 0 Å². The molecular weight excluding hydrogens is 266 g/mol. The lowest BCUT2D eigenvalue weighted by atomic mass is 10.2. The maximum absolute atomic E-state index is 7.51. The van der Waals surface area contributed by atoms with Crippen LogP contribution in [0.3, 0.4) is 0 Å². The maximum Gasteiger partial charge on any atom is 0.124 e. The van der Waals surface area contributed by atoms with Crippen LogP contribution in [0, 0.1) is 5.41 Å². The molecule has 0 aliphatic rings. The van der Waals surface area contributed by atoms with E-state index in [0.29, 0.717) is 0 Å². The molecule has 0 aliphatic heterocycles. The molecule has 18 heavy (non-hydrogen) atoms. The first kappa shape index (κ1) is 12.9. The van der Waals surface area contributed by atoms with Gasteiger partial charge >= 0.3 is 0 Å². The van der Waals surface area contributed by atoms with Gasteiger partial charge in [-0.2, -0.15) is 0 Å². The fourth-order valence-electron chi connectivity index (χ4n) is 1.46. The first-order valence-corrected chi connectivity index (χ1v) is 6.69. The highest BCUT2D eigenvalue weighted by Gasteiger charge is 2.05. The second-order valence-electron chi connectivity index (χ2n) is 3.70. The predicted octanol–water partition coefficient (Wildman–Crippen LogP) is 3.31. The lowest BCUT2D eigenvalue weighted by Crippen LogP contribution is -2.12. The number of aromatic nitrogens is 1. The van der Waals surface area contributed by atoms with Gasteiger partial charge in [-0.3, -0.25) is 10.4 Å². The van der Waals surface area contributed by atoms with Crippen LogP contribution in [0.4, 0.5) is 0 Å². The van der Waals surface area contributed by atoms with Crippen LogP contribution in [0.15, 0.2) is 47.6 Å². The van der Waals surface area contributed by atoms with Crippen molar-refractivity contribution in [3.8, 4) is 0 Å². The van der Waals surface area contributed by atoms with Crippen LogP contribution in [0.1, 0.15) is 11.1 Å². The molecule has 0 saturated heterocycles. The molecule has 0 saturated carbocycles. The summed E-state index contributed by atoms with van der Waals surface area (Å²) < 4.78 is 0. The Hall–Kier alpha value is -1.52. The van der Waals surface area contributed by atoms with Crippen LogP contribution >= 0.6 is 23.4 Å². The van der Waals surface area contributed by atoms with Crippen LogP contribution in [0.2, 0.25) is 5.02 Å². The Morgan fingerprint density at radius 2 is 2.00 bits per heavy atom. The average Bonchev–Trinajstić information content (AvgIpc) is 2.38. The van der Waals surface area contributed by atoms with Crippen molar-refractivity contribution >= 4 is 29.2 Å². The number of nitrogens with zero attached hydrogens (tertiary/aromatic N) is 1. The number of benzene rings is 1. The molecule has 2 rings (SSSR count). The lowest BCUT2D eigenvalue weighted by Gasteiger charge is -2.07. The second-order valence-corrected chi connectivity index (χ2v) is 5.15. The summed E-state index contributed by atoms with van der Waals surface area (Å²) in [6, 6.07) is 9.46. The van der Waals surface area contributed by atoms with Gasteiger partial charge in [0.25, 0.3) is 0 Å². The number of nitrogens with two attached hydrogens (primary N) is 1. The molecule has 0 bridgehead atoms. The molecule has 0 fully saturated rings. The van der Waals surface area contributed by atoms with Crippen LogP contribution in [0.5, 0.6) is 0 Å². The van der Waals surface area contributed by atoms with E-state index < -0.39 is 0 Å². The van der Waals surface area contributed by atoms with Crippen molar-refractivity contribution in [3.05, 3.63) is 58.9 Å². The predicted molar refractivity (Wildman–Crippen MR) is 76.3 cm³/mol. The van der Waals surface area contributed by atoms with Gasteiger partial charge in [0, 0.05) is 33.6 Å². The number of hydrogen-bond acceptors (Lipinski definition) is 3. The first-order chi connectivity index (χ1) is 8.66. The van der Waals surface area contributed by atoms with E-state index in [1.165, 1.54) is 5.56 Å². The Labute approximate surface area is 115 Å². The molecule has 0 radical (unpaired) electrons. The number of halogens is 1. The Morgan fingerprint density at radius 3 is 2.67 bits per heavy atom. The molecule has 1 aromatic heterocycles. The number of pyridine rings is 1. The van der Waals surface area contributed by atoms with Gasteiger partial charge in [0.15, 0.2) is 0 Å². The quantitative estimate of drug-likeness (QED) is 0.512. The van der Waals surface area contributed by atoms with Gasteiger partial charge < -0.3 is 5.73 Å². The van der Waals surface area contributed by atoms with Crippen LogP contribution in [0.25, 0.3) is 0 Å². The highest BCUT2D eigenvalue weighted by Crippen LogP contribution is 2.25. The molecule has 0 amide bonds. The fourth-order valence-corrected chi connectivity index (χ4v) is 2.57. The number of amidine groups is 1. The van der Waals surface area contributed by atoms with Gasteiger partial charge in [0.05, 0.1) is 0 Å². The molecule has 5 heteroatoms. The normalized spacial score (nSPS) is 10.3. The van der Waals surface area contributed by atoms with Gasteiger partial charge in [-0.25, -0.2) is 0 Å². The van der Waals surface area contributed by atoms with E-state index in [1.807, 2.05) is 24.3 Å². The number of rotatable bonds is 4. The molecule has 1 heterocycles. The summed E-state index contributed by atoms with van der Waals surface area (Å²) in [4.78, 5) is 4.98. The Bertz CT molecular complexity index is 554. The van der Waals surface area contributed by atoms with Crippen LogP contribution < -0.4 is 5.73 Å². The molecular formula is C13H12ClN3S. The Morgan fingerprint density at radius 1 is 1.28 bits per heavy atom. The van der Waals surface area contributed by atoms with E-state index in [-0.39, 0.29) is 5.84 Å². The molecule has 3 nitrogen and oxygen atoms in total. The number of hydrogen-bond donors (Lipinski definition) is 2. The largest absolute Gasteiger partial charge is 0.384 e. The standard InChI is InChI=1S/C13H12ClN3S/c14-10-3-1-9(2-4-10)8-18-12-7-17-6-5-11(12)13(15)16/h1-7H,8H2,(H3,15,16). The third-order valence-corrected chi connectivity index (χ3v) is 3.75. The summed E-state index contributed by atoms with van der Waals surface area (Å²) in [5.74, 6) is 0.861. The summed E-state index contributed by atoms with van der Waals surface area (Å²) in [6.45, 7) is 0. The molecule has 0 atom stereocenters. The molecule has 1 aromatic carbocycles. The fraction of sp³-hybridized carbons (Fsp3) is 0.0769. The minimum atomic E-state index is 0.0657. The zero-order chi connectivity index (χ0) is 13.0. The van der Waals surface area contributed by atoms with Crippen molar-refractivity contribution in [2.45, 2.75) is 10.6 Å². The minimum Gasteiger partial charge on any atom is -0.384 e. The summed E-state index contributed by atoms with van der Waals surface area (Å²) in [5.41, 5.74) is 7.42. The highest BCUT2D eigenvalue weighted by molar-refractivity contribution is 7.98. The minimum absolute atomic E-state index is 0.0657. The van der Waals surface area contributed by atoms with Crippen LogP contribution in [-0.2, 0) is 5.75 Å². The van der Waals surface area contributed by atoms with Gasteiger partial charge in [-0.1, -0.05) is 23.7 Å². The Balaban J connectivity index is 2.10. The summed E-state index contributed by atoms with van der Waals surface area (Å²) in [7, 11) is 0. The van der Waals surface area contributed by atoms with Crippen molar-refractivity contribution in [2.24, 2.45) is 5.73 Å². The lowest BCUT2D eigenvalue weighted by molar-refractivity contribution is 1.20. The molecule has 0 aliphatic carbocycles. The average molecular weight is 278 g/mol. The van der Waals surface area contributed by atoms with Gasteiger partial charge in [-0.15, -0.1) is 11.8 Å². The summed E-state index contributed by atoms with van der Waals surface area (Å²) in [6.07, 6.45) is 3.38. The van der Waals surface area contributed by atoms with Crippen molar-refractivity contribution < 1.29 is 0 Å². The molecule has 2 aromatic rings. The van der Waals surface area contributed by atoms with E-state index in [1.54, 1.807) is 30.2 Å². The van der Waals surface area contributed by atoms with E-state index in [4.69, 9.17) is 22.7 Å². The van der Waals surface area contributed by atoms with Crippen molar-refractivity contribution in [3.63, 3.8) is 0 Å². The van der Waals surface area contributed by atoms with Gasteiger partial charge in [0.1, 0.15) is 5.84 Å². The van der Waals surface area contributed by atoms with E-state index in [2.05, 4.69) is 4.98 Å². The smallest absolute Gasteiger partial charge is 0.124 e. The molecule has 0 unspecified atom stereocenters. The highest BCUT2D eigenvalue weighted by atomic mass is 35.5. The zero-order valence-electron chi connectivity index (χ0n) is 9.56. The topological polar surface area (TPSA) is 62.8 Å². The molecule has 3 N–H and O–H groups in total. The SMILES string of the molecule is N=C(N)c1ccncc1SCc1ccc(Cl)cc1. The summed E-state index contributed by atoms with van der Waals surface area (Å²) >= 11 is 7.44. The molecule has 92 valence electrons. The van der Waals surface area contributed by atoms with Crippen molar-refractivity contribution in [1.82, 2.24) is 4.98 Å². The third kappa shape index (κ3) is 3.24.